The second-order valence-corrected chi connectivity index (χ2v) is 5.21. The molecule has 1 heterocycles. The molecule has 0 saturated carbocycles. The van der Waals surface area contributed by atoms with Crippen LogP contribution in [0.2, 0.25) is 0 Å². The lowest BCUT2D eigenvalue weighted by Gasteiger charge is -2.23. The molecular weight excluding hydrogens is 206 g/mol. The van der Waals surface area contributed by atoms with Crippen LogP contribution in [0.3, 0.4) is 0 Å². The maximum atomic E-state index is 11.4. The van der Waals surface area contributed by atoms with E-state index in [9.17, 15) is 4.79 Å². The van der Waals surface area contributed by atoms with Crippen LogP contribution >= 0.6 is 0 Å². The largest absolute Gasteiger partial charge is 0.459 e. The molecule has 1 N–H and O–H groups in total. The normalized spacial score (nSPS) is 21.8. The molecule has 0 aromatic rings. The first-order chi connectivity index (χ1) is 7.47. The van der Waals surface area contributed by atoms with Crippen molar-refractivity contribution in [1.29, 1.82) is 0 Å². The Morgan fingerprint density at radius 2 is 2.19 bits per heavy atom. The molecule has 1 fully saturated rings. The van der Waals surface area contributed by atoms with Crippen LogP contribution in [0.25, 0.3) is 0 Å². The van der Waals surface area contributed by atoms with Crippen molar-refractivity contribution < 1.29 is 14.3 Å². The number of carbonyl (C=O) groups excluding carboxylic acids is 1. The first kappa shape index (κ1) is 13.5. The molecule has 1 unspecified atom stereocenters. The number of ether oxygens (including phenoxy) is 2. The Balaban J connectivity index is 2.08. The summed E-state index contributed by atoms with van der Waals surface area (Å²) in [6, 6.07) is 0. The van der Waals surface area contributed by atoms with Gasteiger partial charge in [0.05, 0.1) is 12.6 Å². The lowest BCUT2D eigenvalue weighted by atomic mass is 10.1. The third-order valence-electron chi connectivity index (χ3n) is 2.34. The Morgan fingerprint density at radius 1 is 1.44 bits per heavy atom. The lowest BCUT2D eigenvalue weighted by Crippen LogP contribution is -2.37. The number of esters is 1. The molecule has 1 aliphatic rings. The third kappa shape index (κ3) is 6.08. The molecule has 1 aliphatic heterocycles. The monoisotopic (exact) mass is 229 g/mol. The van der Waals surface area contributed by atoms with Gasteiger partial charge in [0.25, 0.3) is 0 Å². The number of carbonyl (C=O) groups is 1. The molecule has 1 atom stereocenters. The van der Waals surface area contributed by atoms with E-state index in [4.69, 9.17) is 9.47 Å². The molecule has 4 heteroatoms. The highest BCUT2D eigenvalue weighted by atomic mass is 16.6. The topological polar surface area (TPSA) is 47.6 Å². The second kappa shape index (κ2) is 6.21. The summed E-state index contributed by atoms with van der Waals surface area (Å²) in [5.41, 5.74) is -0.403. The van der Waals surface area contributed by atoms with Crippen LogP contribution in [0.1, 0.15) is 40.0 Å². The minimum Gasteiger partial charge on any atom is -0.459 e. The van der Waals surface area contributed by atoms with Gasteiger partial charge in [-0.3, -0.25) is 4.79 Å². The predicted octanol–water partition coefficient (Wildman–Crippen LogP) is 1.49. The van der Waals surface area contributed by atoms with Crippen molar-refractivity contribution in [3.05, 3.63) is 0 Å². The molecule has 1 saturated heterocycles. The van der Waals surface area contributed by atoms with Crippen molar-refractivity contribution in [3.63, 3.8) is 0 Å². The van der Waals surface area contributed by atoms with Crippen molar-refractivity contribution in [1.82, 2.24) is 5.32 Å². The second-order valence-electron chi connectivity index (χ2n) is 5.21. The van der Waals surface area contributed by atoms with Crippen LogP contribution in [0.15, 0.2) is 0 Å². The Labute approximate surface area is 97.7 Å². The fourth-order valence-corrected chi connectivity index (χ4v) is 1.68. The quantitative estimate of drug-likeness (QED) is 0.742. The zero-order valence-electron chi connectivity index (χ0n) is 10.5. The average Bonchev–Trinajstić information content (AvgIpc) is 2.16. The predicted molar refractivity (Wildman–Crippen MR) is 62.3 cm³/mol. The van der Waals surface area contributed by atoms with Crippen LogP contribution in [0.4, 0.5) is 0 Å². The molecular formula is C12H23NO3. The van der Waals surface area contributed by atoms with Crippen molar-refractivity contribution in [3.8, 4) is 0 Å². The first-order valence-electron chi connectivity index (χ1n) is 6.01. The van der Waals surface area contributed by atoms with Crippen LogP contribution in [0.5, 0.6) is 0 Å². The summed E-state index contributed by atoms with van der Waals surface area (Å²) in [6.07, 6.45) is 3.72. The van der Waals surface area contributed by atoms with Gasteiger partial charge in [-0.25, -0.2) is 0 Å². The molecule has 0 amide bonds. The van der Waals surface area contributed by atoms with Crippen molar-refractivity contribution in [2.45, 2.75) is 51.7 Å². The van der Waals surface area contributed by atoms with Gasteiger partial charge in [-0.1, -0.05) is 0 Å². The van der Waals surface area contributed by atoms with Gasteiger partial charge in [0, 0.05) is 13.2 Å². The average molecular weight is 229 g/mol. The number of hydrogen-bond donors (Lipinski definition) is 1. The summed E-state index contributed by atoms with van der Waals surface area (Å²) in [7, 11) is 0. The van der Waals surface area contributed by atoms with Gasteiger partial charge in [0.15, 0.2) is 0 Å². The smallest absolute Gasteiger partial charge is 0.320 e. The van der Waals surface area contributed by atoms with E-state index in [1.807, 2.05) is 20.8 Å². The molecule has 0 radical (unpaired) electrons. The van der Waals surface area contributed by atoms with E-state index in [1.54, 1.807) is 0 Å². The standard InChI is InChI=1S/C12H23NO3/c1-12(2,3)16-11(14)9-13-8-10-6-4-5-7-15-10/h10,13H,4-9H2,1-3H3. The van der Waals surface area contributed by atoms with Crippen LogP contribution in [-0.2, 0) is 14.3 Å². The van der Waals surface area contributed by atoms with E-state index in [2.05, 4.69) is 5.32 Å². The summed E-state index contributed by atoms with van der Waals surface area (Å²) < 4.78 is 10.7. The maximum absolute atomic E-state index is 11.4. The number of rotatable bonds is 4. The molecule has 0 spiro atoms. The highest BCUT2D eigenvalue weighted by Crippen LogP contribution is 2.11. The van der Waals surface area contributed by atoms with E-state index in [-0.39, 0.29) is 18.6 Å². The third-order valence-corrected chi connectivity index (χ3v) is 2.34. The van der Waals surface area contributed by atoms with E-state index in [0.29, 0.717) is 0 Å². The summed E-state index contributed by atoms with van der Waals surface area (Å²) in [4.78, 5) is 11.4. The maximum Gasteiger partial charge on any atom is 0.320 e. The number of hydrogen-bond acceptors (Lipinski definition) is 4. The molecule has 0 bridgehead atoms. The first-order valence-corrected chi connectivity index (χ1v) is 6.01. The summed E-state index contributed by atoms with van der Waals surface area (Å²) in [5.74, 6) is -0.205. The minimum atomic E-state index is -0.403. The molecule has 16 heavy (non-hydrogen) atoms. The molecule has 4 nitrogen and oxygen atoms in total. The van der Waals surface area contributed by atoms with Gasteiger partial charge in [0.1, 0.15) is 5.60 Å². The van der Waals surface area contributed by atoms with Crippen molar-refractivity contribution in [2.75, 3.05) is 19.7 Å². The molecule has 0 aliphatic carbocycles. The Hall–Kier alpha value is -0.610. The fraction of sp³-hybridized carbons (Fsp3) is 0.917. The fourth-order valence-electron chi connectivity index (χ4n) is 1.68. The van der Waals surface area contributed by atoms with E-state index >= 15 is 0 Å². The summed E-state index contributed by atoms with van der Waals surface area (Å²) in [5, 5.41) is 3.08. The Morgan fingerprint density at radius 3 is 2.75 bits per heavy atom. The molecule has 94 valence electrons. The van der Waals surface area contributed by atoms with Crippen molar-refractivity contribution >= 4 is 5.97 Å². The van der Waals surface area contributed by atoms with E-state index < -0.39 is 5.60 Å². The zero-order valence-corrected chi connectivity index (χ0v) is 10.5. The molecule has 0 aromatic heterocycles. The van der Waals surface area contributed by atoms with Gasteiger partial charge >= 0.3 is 5.97 Å². The SMILES string of the molecule is CC(C)(C)OC(=O)CNCC1CCCCO1. The Bertz CT molecular complexity index is 217. The minimum absolute atomic E-state index is 0.205. The zero-order chi connectivity index (χ0) is 12.0. The van der Waals surface area contributed by atoms with E-state index in [0.717, 1.165) is 26.0 Å². The lowest BCUT2D eigenvalue weighted by molar-refractivity contribution is -0.153. The summed E-state index contributed by atoms with van der Waals surface area (Å²) in [6.45, 7) is 7.45. The Kier molecular flexibility index (Phi) is 5.22. The molecule has 1 rings (SSSR count). The number of nitrogens with one attached hydrogen (secondary N) is 1. The van der Waals surface area contributed by atoms with Gasteiger partial charge in [0.2, 0.25) is 0 Å². The van der Waals surface area contributed by atoms with Crippen LogP contribution in [0, 0.1) is 0 Å². The van der Waals surface area contributed by atoms with E-state index in [1.165, 1.54) is 6.42 Å². The highest BCUT2D eigenvalue weighted by Gasteiger charge is 2.17. The van der Waals surface area contributed by atoms with Crippen LogP contribution in [-0.4, -0.2) is 37.4 Å². The van der Waals surface area contributed by atoms with Gasteiger partial charge in [-0.2, -0.15) is 0 Å². The van der Waals surface area contributed by atoms with Crippen molar-refractivity contribution in [2.24, 2.45) is 0 Å². The van der Waals surface area contributed by atoms with Gasteiger partial charge < -0.3 is 14.8 Å². The molecule has 0 aromatic carbocycles. The van der Waals surface area contributed by atoms with Gasteiger partial charge in [-0.15, -0.1) is 0 Å². The highest BCUT2D eigenvalue weighted by molar-refractivity contribution is 5.72. The van der Waals surface area contributed by atoms with Crippen LogP contribution < -0.4 is 5.32 Å². The summed E-state index contributed by atoms with van der Waals surface area (Å²) >= 11 is 0. The van der Waals surface area contributed by atoms with Gasteiger partial charge in [-0.05, 0) is 40.0 Å².